The molecule has 0 saturated carbocycles. The van der Waals surface area contributed by atoms with Crippen molar-refractivity contribution in [2.24, 2.45) is 17.2 Å². The Morgan fingerprint density at radius 2 is 1.26 bits per heavy atom. The third-order valence-electron chi connectivity index (χ3n) is 3.55. The van der Waals surface area contributed by atoms with Gasteiger partial charge in [-0.05, 0) is 36.8 Å². The number of benzene rings is 1. The molecule has 176 valence electrons. The molecule has 11 nitrogen and oxygen atoms in total. The summed E-state index contributed by atoms with van der Waals surface area (Å²) in [6.07, 6.45) is 2.64. The number of thioether (sulfide) groups is 1. The number of carbonyl (C=O) groups is 4. The van der Waals surface area contributed by atoms with Crippen LogP contribution in [-0.4, -0.2) is 74.4 Å². The second-order valence-electron chi connectivity index (χ2n) is 6.24. The minimum Gasteiger partial charge on any atom is -0.481 e. The third-order valence-corrected chi connectivity index (χ3v) is 4.20. The zero-order chi connectivity index (χ0) is 24.4. The first kappa shape index (κ1) is 30.5. The molecule has 0 bridgehead atoms. The molecule has 0 aliphatic heterocycles. The van der Waals surface area contributed by atoms with Crippen LogP contribution in [0, 0.1) is 0 Å². The lowest BCUT2D eigenvalue weighted by Crippen LogP contribution is -2.32. The molecule has 1 aromatic rings. The van der Waals surface area contributed by atoms with Gasteiger partial charge >= 0.3 is 23.9 Å². The topological polar surface area (TPSA) is 227 Å². The fourth-order valence-corrected chi connectivity index (χ4v) is 2.22. The zero-order valence-corrected chi connectivity index (χ0v) is 18.0. The number of carboxylic acid groups (broad SMARTS) is 4. The van der Waals surface area contributed by atoms with E-state index in [9.17, 15) is 19.2 Å². The van der Waals surface area contributed by atoms with E-state index in [0.717, 1.165) is 11.3 Å². The van der Waals surface area contributed by atoms with Gasteiger partial charge < -0.3 is 37.6 Å². The summed E-state index contributed by atoms with van der Waals surface area (Å²) in [5, 5.41) is 33.1. The minimum atomic E-state index is -1.17. The Morgan fingerprint density at radius 1 is 0.806 bits per heavy atom. The largest absolute Gasteiger partial charge is 0.481 e. The summed E-state index contributed by atoms with van der Waals surface area (Å²) in [4.78, 5) is 40.3. The van der Waals surface area contributed by atoms with Gasteiger partial charge in [-0.2, -0.15) is 11.8 Å². The highest BCUT2D eigenvalue weighted by Crippen LogP contribution is 2.01. The first-order valence-corrected chi connectivity index (χ1v) is 10.5. The van der Waals surface area contributed by atoms with Crippen molar-refractivity contribution >= 4 is 35.6 Å². The van der Waals surface area contributed by atoms with E-state index >= 15 is 0 Å². The Morgan fingerprint density at radius 3 is 1.65 bits per heavy atom. The maximum Gasteiger partial charge on any atom is 0.320 e. The number of nitrogens with two attached hydrogens (primary N) is 3. The SMILES string of the molecule is CSCCC(N)C(=O)O.NC(CCC(=O)O)C(=O)O.NC(Cc1ccccc1)C(=O)O. The van der Waals surface area contributed by atoms with E-state index in [4.69, 9.17) is 37.6 Å². The fraction of sp³-hybridized carbons (Fsp3) is 0.474. The van der Waals surface area contributed by atoms with E-state index in [1.165, 1.54) is 0 Å². The Labute approximate surface area is 184 Å². The molecule has 1 aromatic carbocycles. The van der Waals surface area contributed by atoms with Crippen LogP contribution in [0.4, 0.5) is 0 Å². The van der Waals surface area contributed by atoms with Crippen molar-refractivity contribution in [1.29, 1.82) is 0 Å². The fourth-order valence-electron chi connectivity index (χ4n) is 1.73. The van der Waals surface area contributed by atoms with Gasteiger partial charge in [0.1, 0.15) is 18.1 Å². The molecule has 0 heterocycles. The van der Waals surface area contributed by atoms with Crippen LogP contribution in [0.15, 0.2) is 30.3 Å². The predicted molar refractivity (Wildman–Crippen MR) is 117 cm³/mol. The lowest BCUT2D eigenvalue weighted by molar-refractivity contribution is -0.140. The molecule has 0 aliphatic carbocycles. The van der Waals surface area contributed by atoms with Crippen molar-refractivity contribution in [2.45, 2.75) is 43.8 Å². The van der Waals surface area contributed by atoms with Gasteiger partial charge in [-0.3, -0.25) is 19.2 Å². The van der Waals surface area contributed by atoms with Crippen molar-refractivity contribution in [3.8, 4) is 0 Å². The number of rotatable bonds is 11. The quantitative estimate of drug-likeness (QED) is 0.232. The van der Waals surface area contributed by atoms with Crippen molar-refractivity contribution in [1.82, 2.24) is 0 Å². The van der Waals surface area contributed by atoms with Crippen molar-refractivity contribution in [3.05, 3.63) is 35.9 Å². The molecule has 12 heteroatoms. The minimum absolute atomic E-state index is 0.0231. The summed E-state index contributed by atoms with van der Waals surface area (Å²) in [5.74, 6) is -3.26. The number of aliphatic carboxylic acids is 4. The predicted octanol–water partition coefficient (Wildman–Crippen LogP) is 0.0555. The molecule has 3 atom stereocenters. The van der Waals surface area contributed by atoms with Gasteiger partial charge in [0.05, 0.1) is 0 Å². The van der Waals surface area contributed by atoms with Gasteiger partial charge in [0.2, 0.25) is 0 Å². The molecule has 0 aliphatic rings. The second kappa shape index (κ2) is 18.1. The third kappa shape index (κ3) is 19.1. The molecule has 31 heavy (non-hydrogen) atoms. The number of hydrogen-bond acceptors (Lipinski definition) is 8. The van der Waals surface area contributed by atoms with E-state index in [2.05, 4.69) is 0 Å². The van der Waals surface area contributed by atoms with Crippen LogP contribution < -0.4 is 17.2 Å². The smallest absolute Gasteiger partial charge is 0.320 e. The van der Waals surface area contributed by atoms with Crippen LogP contribution in [0.5, 0.6) is 0 Å². The van der Waals surface area contributed by atoms with Gasteiger partial charge in [-0.1, -0.05) is 30.3 Å². The molecule has 0 spiro atoms. The van der Waals surface area contributed by atoms with Crippen LogP contribution in [0.2, 0.25) is 0 Å². The van der Waals surface area contributed by atoms with Crippen LogP contribution in [-0.2, 0) is 25.6 Å². The molecule has 1 rings (SSSR count). The maximum atomic E-state index is 10.4. The van der Waals surface area contributed by atoms with E-state index < -0.39 is 42.0 Å². The highest BCUT2D eigenvalue weighted by molar-refractivity contribution is 7.98. The van der Waals surface area contributed by atoms with Gasteiger partial charge in [-0.25, -0.2) is 0 Å². The van der Waals surface area contributed by atoms with E-state index in [1.807, 2.05) is 36.6 Å². The van der Waals surface area contributed by atoms with Crippen LogP contribution >= 0.6 is 11.8 Å². The van der Waals surface area contributed by atoms with Gasteiger partial charge in [-0.15, -0.1) is 0 Å². The average molecular weight is 462 g/mol. The summed E-state index contributed by atoms with van der Waals surface area (Å²) in [6.45, 7) is 0. The van der Waals surface area contributed by atoms with E-state index in [-0.39, 0.29) is 12.8 Å². The Kier molecular flexibility index (Phi) is 17.8. The average Bonchev–Trinajstić information content (AvgIpc) is 2.71. The van der Waals surface area contributed by atoms with Crippen molar-refractivity contribution in [3.63, 3.8) is 0 Å². The van der Waals surface area contributed by atoms with Crippen LogP contribution in [0.3, 0.4) is 0 Å². The molecular formula is C19H31N3O8S. The monoisotopic (exact) mass is 461 g/mol. The summed E-state index contributed by atoms with van der Waals surface area (Å²) < 4.78 is 0. The molecule has 0 saturated heterocycles. The van der Waals surface area contributed by atoms with Crippen LogP contribution in [0.25, 0.3) is 0 Å². The molecule has 10 N–H and O–H groups in total. The Balaban J connectivity index is 0. The number of carboxylic acids is 4. The number of hydrogen-bond donors (Lipinski definition) is 7. The maximum absolute atomic E-state index is 10.4. The standard InChI is InChI=1S/C9H11NO2.C5H9NO4.C5H11NO2S/c10-8(9(11)12)6-7-4-2-1-3-5-7;6-3(5(9)10)1-2-4(7)8;1-9-3-2-4(6)5(7)8/h1-5,8H,6,10H2,(H,11,12);3H,1-2,6H2,(H,7,8)(H,9,10);4H,2-3,6H2,1H3,(H,7,8). The lowest BCUT2D eigenvalue weighted by atomic mass is 10.1. The summed E-state index contributed by atoms with van der Waals surface area (Å²) in [7, 11) is 0. The van der Waals surface area contributed by atoms with E-state index in [0.29, 0.717) is 12.8 Å². The Hall–Kier alpha value is -2.67. The van der Waals surface area contributed by atoms with Gasteiger partial charge in [0, 0.05) is 6.42 Å². The zero-order valence-electron chi connectivity index (χ0n) is 17.2. The molecule has 0 radical (unpaired) electrons. The van der Waals surface area contributed by atoms with E-state index in [1.54, 1.807) is 11.8 Å². The molecule has 0 fully saturated rings. The van der Waals surface area contributed by atoms with Gasteiger partial charge in [0.15, 0.2) is 0 Å². The molecule has 0 amide bonds. The van der Waals surface area contributed by atoms with Crippen molar-refractivity contribution in [2.75, 3.05) is 12.0 Å². The second-order valence-corrected chi connectivity index (χ2v) is 7.22. The van der Waals surface area contributed by atoms with Crippen molar-refractivity contribution < 1.29 is 39.6 Å². The first-order chi connectivity index (χ1) is 14.4. The van der Waals surface area contributed by atoms with Gasteiger partial charge in [0.25, 0.3) is 0 Å². The first-order valence-electron chi connectivity index (χ1n) is 9.12. The molecule has 0 aromatic heterocycles. The summed E-state index contributed by atoms with van der Waals surface area (Å²) >= 11 is 1.60. The highest BCUT2D eigenvalue weighted by atomic mass is 32.2. The molecular weight excluding hydrogens is 430 g/mol. The summed E-state index contributed by atoms with van der Waals surface area (Å²) in [5.41, 5.74) is 16.5. The molecule has 3 unspecified atom stereocenters. The van der Waals surface area contributed by atoms with Crippen LogP contribution in [0.1, 0.15) is 24.8 Å². The normalized spacial score (nSPS) is 12.6. The highest BCUT2D eigenvalue weighted by Gasteiger charge is 2.12. The Bertz CT molecular complexity index is 675. The lowest BCUT2D eigenvalue weighted by Gasteiger charge is -2.04. The summed E-state index contributed by atoms with van der Waals surface area (Å²) in [6, 6.07) is 6.80.